The Morgan fingerprint density at radius 3 is 2.50 bits per heavy atom. The lowest BCUT2D eigenvalue weighted by molar-refractivity contribution is 0.384. The molecule has 156 valence electrons. The number of nitrogens with zero attached hydrogens (tertiary/aromatic N) is 1. The highest BCUT2D eigenvalue weighted by atomic mass is 79.9. The average Bonchev–Trinajstić information content (AvgIpc) is 3.38. The molecule has 30 heavy (non-hydrogen) atoms. The van der Waals surface area contributed by atoms with Crippen molar-refractivity contribution in [3.8, 4) is 22.1 Å². The number of thiazole rings is 1. The molecule has 0 amide bonds. The minimum atomic E-state index is 0. The fourth-order valence-electron chi connectivity index (χ4n) is 2.98. The minimum absolute atomic E-state index is 0. The normalized spacial score (nSPS) is 10.3. The lowest BCUT2D eigenvalue weighted by Gasteiger charge is -2.14. The van der Waals surface area contributed by atoms with Crippen molar-refractivity contribution in [2.45, 2.75) is 6.54 Å². The maximum Gasteiger partial charge on any atom is 0.195 e. The van der Waals surface area contributed by atoms with Crippen LogP contribution in [0.1, 0.15) is 5.56 Å². The van der Waals surface area contributed by atoms with E-state index in [1.165, 1.54) is 21.4 Å². The number of halogens is 1. The third-order valence-corrected chi connectivity index (χ3v) is 6.28. The smallest absolute Gasteiger partial charge is 0.195 e. The SMILES string of the molecule is Br.COc1cccc(OC)c1CNC(=N)Nc1nc(-c2cc3ccccc3s2)cs1. The molecule has 6 nitrogen and oxygen atoms in total. The second-order valence-corrected chi connectivity index (χ2v) is 8.12. The van der Waals surface area contributed by atoms with E-state index in [9.17, 15) is 0 Å². The second kappa shape index (κ2) is 9.92. The second-order valence-electron chi connectivity index (χ2n) is 6.18. The molecule has 2 aromatic heterocycles. The van der Waals surface area contributed by atoms with E-state index in [0.29, 0.717) is 23.2 Å². The number of methoxy groups -OCH3 is 2. The van der Waals surface area contributed by atoms with Crippen LogP contribution in [0, 0.1) is 5.41 Å². The summed E-state index contributed by atoms with van der Waals surface area (Å²) in [6.45, 7) is 0.396. The molecule has 0 atom stereocenters. The topological polar surface area (TPSA) is 79.3 Å². The molecule has 0 aliphatic rings. The standard InChI is InChI=1S/C21H20N4O2S2.BrH/c1-26-16-7-5-8-17(27-2)14(16)11-23-20(22)25-21-24-15(12-28-21)19-10-13-6-3-4-9-18(13)29-19;/h3-10,12H,11H2,1-2H3,(H3,22,23,24,25);1H. The predicted octanol–water partition coefficient (Wildman–Crippen LogP) is 5.76. The van der Waals surface area contributed by atoms with Crippen molar-refractivity contribution < 1.29 is 9.47 Å². The van der Waals surface area contributed by atoms with Gasteiger partial charge in [-0.1, -0.05) is 24.3 Å². The number of anilines is 1. The number of aromatic nitrogens is 1. The Hall–Kier alpha value is -2.62. The number of hydrogen-bond acceptors (Lipinski definition) is 6. The van der Waals surface area contributed by atoms with E-state index in [2.05, 4.69) is 33.8 Å². The summed E-state index contributed by atoms with van der Waals surface area (Å²) in [5.41, 5.74) is 1.77. The van der Waals surface area contributed by atoms with E-state index in [0.717, 1.165) is 16.1 Å². The fourth-order valence-corrected chi connectivity index (χ4v) is 4.80. The molecule has 0 aliphatic carbocycles. The van der Waals surface area contributed by atoms with E-state index >= 15 is 0 Å². The maximum atomic E-state index is 8.20. The van der Waals surface area contributed by atoms with Gasteiger partial charge in [-0.05, 0) is 29.7 Å². The molecular weight excluding hydrogens is 484 g/mol. The Kier molecular flexibility index (Phi) is 7.30. The van der Waals surface area contributed by atoms with Crippen molar-refractivity contribution in [1.82, 2.24) is 10.3 Å². The Labute approximate surface area is 193 Å². The molecule has 4 rings (SSSR count). The molecule has 0 radical (unpaired) electrons. The van der Waals surface area contributed by atoms with Crippen LogP contribution in [0.3, 0.4) is 0 Å². The van der Waals surface area contributed by atoms with Gasteiger partial charge in [-0.25, -0.2) is 4.98 Å². The summed E-state index contributed by atoms with van der Waals surface area (Å²) >= 11 is 3.19. The van der Waals surface area contributed by atoms with Gasteiger partial charge in [-0.3, -0.25) is 5.41 Å². The van der Waals surface area contributed by atoms with E-state index in [1.54, 1.807) is 25.6 Å². The van der Waals surface area contributed by atoms with Crippen molar-refractivity contribution >= 4 is 60.8 Å². The van der Waals surface area contributed by atoms with Crippen LogP contribution in [0.5, 0.6) is 11.5 Å². The maximum absolute atomic E-state index is 8.20. The molecule has 0 spiro atoms. The van der Waals surface area contributed by atoms with Gasteiger partial charge in [0.1, 0.15) is 11.5 Å². The Morgan fingerprint density at radius 2 is 1.80 bits per heavy atom. The van der Waals surface area contributed by atoms with Gasteiger partial charge >= 0.3 is 0 Å². The Bertz CT molecular complexity index is 1100. The number of benzene rings is 2. The molecule has 9 heteroatoms. The van der Waals surface area contributed by atoms with Crippen LogP contribution in [0.4, 0.5) is 5.13 Å². The monoisotopic (exact) mass is 504 g/mol. The van der Waals surface area contributed by atoms with Crippen LogP contribution in [-0.4, -0.2) is 25.2 Å². The molecule has 0 fully saturated rings. The minimum Gasteiger partial charge on any atom is -0.496 e. The third-order valence-electron chi connectivity index (χ3n) is 4.39. The number of fused-ring (bicyclic) bond motifs is 1. The van der Waals surface area contributed by atoms with Gasteiger partial charge in [0, 0.05) is 10.1 Å². The zero-order valence-electron chi connectivity index (χ0n) is 16.4. The predicted molar refractivity (Wildman–Crippen MR) is 131 cm³/mol. The molecule has 2 aromatic carbocycles. The van der Waals surface area contributed by atoms with Crippen molar-refractivity contribution in [2.24, 2.45) is 0 Å². The molecule has 0 saturated heterocycles. The van der Waals surface area contributed by atoms with Crippen molar-refractivity contribution in [3.63, 3.8) is 0 Å². The fraction of sp³-hybridized carbons (Fsp3) is 0.143. The number of rotatable bonds is 6. The summed E-state index contributed by atoms with van der Waals surface area (Å²) in [6.07, 6.45) is 0. The summed E-state index contributed by atoms with van der Waals surface area (Å²) in [7, 11) is 3.24. The molecular formula is C21H21BrN4O2S2. The summed E-state index contributed by atoms with van der Waals surface area (Å²) in [5, 5.41) is 18.1. The zero-order chi connectivity index (χ0) is 20.2. The molecule has 4 aromatic rings. The Morgan fingerprint density at radius 1 is 1.07 bits per heavy atom. The quantitative estimate of drug-likeness (QED) is 0.230. The first-order chi connectivity index (χ1) is 14.2. The molecule has 0 bridgehead atoms. The highest BCUT2D eigenvalue weighted by Crippen LogP contribution is 2.34. The van der Waals surface area contributed by atoms with E-state index in [4.69, 9.17) is 14.9 Å². The van der Waals surface area contributed by atoms with Crippen molar-refractivity contribution in [2.75, 3.05) is 19.5 Å². The molecule has 2 heterocycles. The van der Waals surface area contributed by atoms with Gasteiger partial charge in [-0.15, -0.1) is 39.7 Å². The number of thiophene rings is 1. The van der Waals surface area contributed by atoms with Gasteiger partial charge in [0.15, 0.2) is 11.1 Å². The number of ether oxygens (including phenoxy) is 2. The number of guanidine groups is 1. The van der Waals surface area contributed by atoms with Crippen LogP contribution in [-0.2, 0) is 6.54 Å². The first-order valence-corrected chi connectivity index (χ1v) is 10.6. The van der Waals surface area contributed by atoms with Gasteiger partial charge in [0.2, 0.25) is 0 Å². The van der Waals surface area contributed by atoms with Crippen molar-refractivity contribution in [1.29, 1.82) is 5.41 Å². The number of nitrogens with one attached hydrogen (secondary N) is 3. The van der Waals surface area contributed by atoms with Crippen LogP contribution < -0.4 is 20.1 Å². The summed E-state index contributed by atoms with van der Waals surface area (Å²) in [6, 6.07) is 16.1. The molecule has 0 unspecified atom stereocenters. The van der Waals surface area contributed by atoms with Crippen LogP contribution in [0.2, 0.25) is 0 Å². The molecule has 3 N–H and O–H groups in total. The van der Waals surface area contributed by atoms with Gasteiger partial charge < -0.3 is 20.1 Å². The highest BCUT2D eigenvalue weighted by molar-refractivity contribution is 8.93. The first-order valence-electron chi connectivity index (χ1n) is 8.91. The number of hydrogen-bond donors (Lipinski definition) is 3. The van der Waals surface area contributed by atoms with E-state index in [-0.39, 0.29) is 22.9 Å². The largest absolute Gasteiger partial charge is 0.496 e. The average molecular weight is 505 g/mol. The lowest BCUT2D eigenvalue weighted by Crippen LogP contribution is -2.29. The van der Waals surface area contributed by atoms with Crippen LogP contribution >= 0.6 is 39.7 Å². The van der Waals surface area contributed by atoms with Gasteiger partial charge in [0.25, 0.3) is 0 Å². The zero-order valence-corrected chi connectivity index (χ0v) is 19.7. The molecule has 0 aliphatic heterocycles. The lowest BCUT2D eigenvalue weighted by atomic mass is 10.1. The Balaban J connectivity index is 0.00000256. The highest BCUT2D eigenvalue weighted by Gasteiger charge is 2.12. The summed E-state index contributed by atoms with van der Waals surface area (Å²) < 4.78 is 12.0. The van der Waals surface area contributed by atoms with Crippen LogP contribution in [0.25, 0.3) is 20.7 Å². The van der Waals surface area contributed by atoms with Crippen LogP contribution in [0.15, 0.2) is 53.9 Å². The summed E-state index contributed by atoms with van der Waals surface area (Å²) in [4.78, 5) is 5.75. The third kappa shape index (κ3) is 4.75. The molecule has 0 saturated carbocycles. The van der Waals surface area contributed by atoms with Crippen molar-refractivity contribution in [3.05, 3.63) is 59.5 Å². The summed E-state index contributed by atoms with van der Waals surface area (Å²) in [5.74, 6) is 1.59. The van der Waals surface area contributed by atoms with E-state index < -0.39 is 0 Å². The van der Waals surface area contributed by atoms with Gasteiger partial charge in [0.05, 0.1) is 36.9 Å². The first kappa shape index (κ1) is 22.1. The van der Waals surface area contributed by atoms with E-state index in [1.807, 2.05) is 35.7 Å². The van der Waals surface area contributed by atoms with Gasteiger partial charge in [-0.2, -0.15) is 0 Å².